The SMILES string of the molecule is CC(Oc1cccc(Cl)c1)C(N)Cc1cccc(F)c1F. The second-order valence-electron chi connectivity index (χ2n) is 4.86. The highest BCUT2D eigenvalue weighted by atomic mass is 35.5. The summed E-state index contributed by atoms with van der Waals surface area (Å²) in [6, 6.07) is 10.5. The van der Waals surface area contributed by atoms with E-state index in [2.05, 4.69) is 0 Å². The van der Waals surface area contributed by atoms with Crippen LogP contribution in [-0.2, 0) is 6.42 Å². The fourth-order valence-corrected chi connectivity index (χ4v) is 2.15. The largest absolute Gasteiger partial charge is 0.489 e. The maximum Gasteiger partial charge on any atom is 0.162 e. The molecule has 2 aromatic carbocycles. The van der Waals surface area contributed by atoms with E-state index in [1.165, 1.54) is 12.1 Å². The minimum absolute atomic E-state index is 0.186. The molecule has 2 unspecified atom stereocenters. The summed E-state index contributed by atoms with van der Waals surface area (Å²) < 4.78 is 32.5. The van der Waals surface area contributed by atoms with Crippen LogP contribution in [0.4, 0.5) is 8.78 Å². The summed E-state index contributed by atoms with van der Waals surface area (Å²) in [5.74, 6) is -1.14. The number of rotatable bonds is 5. The van der Waals surface area contributed by atoms with E-state index < -0.39 is 17.7 Å². The van der Waals surface area contributed by atoms with Gasteiger partial charge in [-0.2, -0.15) is 0 Å². The number of hydrogen-bond acceptors (Lipinski definition) is 2. The molecule has 0 amide bonds. The lowest BCUT2D eigenvalue weighted by Gasteiger charge is -2.22. The van der Waals surface area contributed by atoms with E-state index in [1.807, 2.05) is 0 Å². The molecule has 2 atom stereocenters. The van der Waals surface area contributed by atoms with Crippen molar-refractivity contribution in [2.24, 2.45) is 5.73 Å². The van der Waals surface area contributed by atoms with Crippen molar-refractivity contribution in [3.8, 4) is 5.75 Å². The van der Waals surface area contributed by atoms with Crippen LogP contribution in [-0.4, -0.2) is 12.1 Å². The zero-order valence-corrected chi connectivity index (χ0v) is 12.3. The van der Waals surface area contributed by atoms with Crippen LogP contribution in [0.25, 0.3) is 0 Å². The average molecular weight is 312 g/mol. The molecule has 0 aliphatic rings. The molecular weight excluding hydrogens is 296 g/mol. The molecule has 0 saturated heterocycles. The molecule has 2 rings (SSSR count). The first-order chi connectivity index (χ1) is 9.97. The van der Waals surface area contributed by atoms with E-state index in [0.29, 0.717) is 10.8 Å². The van der Waals surface area contributed by atoms with Gasteiger partial charge in [0, 0.05) is 11.1 Å². The van der Waals surface area contributed by atoms with Gasteiger partial charge in [-0.1, -0.05) is 29.8 Å². The Morgan fingerprint density at radius 1 is 1.19 bits per heavy atom. The van der Waals surface area contributed by atoms with Crippen LogP contribution < -0.4 is 10.5 Å². The van der Waals surface area contributed by atoms with Gasteiger partial charge in [-0.05, 0) is 43.2 Å². The highest BCUT2D eigenvalue weighted by Gasteiger charge is 2.18. The van der Waals surface area contributed by atoms with E-state index in [9.17, 15) is 8.78 Å². The third-order valence-electron chi connectivity index (χ3n) is 3.21. The van der Waals surface area contributed by atoms with Crippen LogP contribution in [0.1, 0.15) is 12.5 Å². The lowest BCUT2D eigenvalue weighted by Crippen LogP contribution is -2.38. The third kappa shape index (κ3) is 4.16. The number of ether oxygens (including phenoxy) is 1. The molecule has 0 aromatic heterocycles. The van der Waals surface area contributed by atoms with Crippen molar-refractivity contribution in [1.29, 1.82) is 0 Å². The van der Waals surface area contributed by atoms with E-state index in [1.54, 1.807) is 31.2 Å². The van der Waals surface area contributed by atoms with Crippen molar-refractivity contribution in [3.05, 3.63) is 64.7 Å². The minimum atomic E-state index is -0.872. The Labute approximate surface area is 127 Å². The topological polar surface area (TPSA) is 35.2 Å². The molecule has 5 heteroatoms. The van der Waals surface area contributed by atoms with Gasteiger partial charge in [0.25, 0.3) is 0 Å². The van der Waals surface area contributed by atoms with Crippen LogP contribution >= 0.6 is 11.6 Å². The Morgan fingerprint density at radius 2 is 1.90 bits per heavy atom. The molecule has 112 valence electrons. The molecule has 0 fully saturated rings. The third-order valence-corrected chi connectivity index (χ3v) is 3.44. The molecule has 0 aliphatic heterocycles. The molecule has 0 bridgehead atoms. The van der Waals surface area contributed by atoms with Crippen molar-refractivity contribution in [2.75, 3.05) is 0 Å². The minimum Gasteiger partial charge on any atom is -0.489 e. The molecule has 2 aromatic rings. The Morgan fingerprint density at radius 3 is 2.62 bits per heavy atom. The van der Waals surface area contributed by atoms with Gasteiger partial charge >= 0.3 is 0 Å². The second-order valence-corrected chi connectivity index (χ2v) is 5.30. The predicted octanol–water partition coefficient (Wildman–Crippen LogP) is 3.96. The van der Waals surface area contributed by atoms with Gasteiger partial charge in [0.1, 0.15) is 11.9 Å². The summed E-state index contributed by atoms with van der Waals surface area (Å²) in [6.45, 7) is 1.78. The zero-order valence-electron chi connectivity index (χ0n) is 11.5. The summed E-state index contributed by atoms with van der Waals surface area (Å²) in [7, 11) is 0. The summed E-state index contributed by atoms with van der Waals surface area (Å²) in [5, 5.41) is 0.560. The van der Waals surface area contributed by atoms with Crippen molar-refractivity contribution < 1.29 is 13.5 Å². The molecular formula is C16H16ClF2NO. The van der Waals surface area contributed by atoms with Gasteiger partial charge in [-0.3, -0.25) is 0 Å². The van der Waals surface area contributed by atoms with E-state index in [0.717, 1.165) is 6.07 Å². The van der Waals surface area contributed by atoms with Crippen LogP contribution in [0.2, 0.25) is 5.02 Å². The summed E-state index contributed by atoms with van der Waals surface area (Å²) in [6.07, 6.45) is -0.183. The van der Waals surface area contributed by atoms with Crippen LogP contribution in [0.15, 0.2) is 42.5 Å². The smallest absolute Gasteiger partial charge is 0.162 e. The number of benzene rings is 2. The average Bonchev–Trinajstić information content (AvgIpc) is 2.44. The van der Waals surface area contributed by atoms with E-state index in [4.69, 9.17) is 22.1 Å². The molecule has 2 nitrogen and oxygen atoms in total. The number of hydrogen-bond donors (Lipinski definition) is 1. The molecule has 0 heterocycles. The van der Waals surface area contributed by atoms with Crippen LogP contribution in [0.5, 0.6) is 5.75 Å². The number of halogens is 3. The first-order valence-electron chi connectivity index (χ1n) is 6.58. The maximum absolute atomic E-state index is 13.6. The van der Waals surface area contributed by atoms with Crippen molar-refractivity contribution in [3.63, 3.8) is 0 Å². The predicted molar refractivity (Wildman–Crippen MR) is 79.6 cm³/mol. The lowest BCUT2D eigenvalue weighted by atomic mass is 10.0. The molecule has 0 aliphatic carbocycles. The first-order valence-corrected chi connectivity index (χ1v) is 6.96. The highest BCUT2D eigenvalue weighted by Crippen LogP contribution is 2.20. The van der Waals surface area contributed by atoms with Crippen molar-refractivity contribution in [2.45, 2.75) is 25.5 Å². The summed E-state index contributed by atoms with van der Waals surface area (Å²) in [4.78, 5) is 0. The van der Waals surface area contributed by atoms with Crippen LogP contribution in [0, 0.1) is 11.6 Å². The Hall–Kier alpha value is -1.65. The van der Waals surface area contributed by atoms with Gasteiger partial charge in [-0.15, -0.1) is 0 Å². The first kappa shape index (κ1) is 15.7. The monoisotopic (exact) mass is 311 g/mol. The van der Waals surface area contributed by atoms with E-state index in [-0.39, 0.29) is 18.1 Å². The lowest BCUT2D eigenvalue weighted by molar-refractivity contribution is 0.188. The summed E-state index contributed by atoms with van der Waals surface area (Å²) >= 11 is 5.87. The Kier molecular flexibility index (Phi) is 5.15. The maximum atomic E-state index is 13.6. The zero-order chi connectivity index (χ0) is 15.4. The van der Waals surface area contributed by atoms with Crippen LogP contribution in [0.3, 0.4) is 0 Å². The van der Waals surface area contributed by atoms with E-state index >= 15 is 0 Å². The molecule has 0 radical (unpaired) electrons. The molecule has 2 N–H and O–H groups in total. The Bertz CT molecular complexity index is 621. The highest BCUT2D eigenvalue weighted by molar-refractivity contribution is 6.30. The van der Waals surface area contributed by atoms with Gasteiger partial charge in [-0.25, -0.2) is 8.78 Å². The molecule has 21 heavy (non-hydrogen) atoms. The van der Waals surface area contributed by atoms with Gasteiger partial charge < -0.3 is 10.5 Å². The van der Waals surface area contributed by atoms with Crippen molar-refractivity contribution in [1.82, 2.24) is 0 Å². The fraction of sp³-hybridized carbons (Fsp3) is 0.250. The fourth-order valence-electron chi connectivity index (χ4n) is 1.97. The molecule has 0 saturated carbocycles. The molecule has 0 spiro atoms. The second kappa shape index (κ2) is 6.87. The van der Waals surface area contributed by atoms with Gasteiger partial charge in [0.05, 0.1) is 0 Å². The Balaban J connectivity index is 2.02. The summed E-state index contributed by atoms with van der Waals surface area (Å²) in [5.41, 5.74) is 6.25. The van der Waals surface area contributed by atoms with Gasteiger partial charge in [0.2, 0.25) is 0 Å². The standard InChI is InChI=1S/C16H16ClF2NO/c1-10(21-13-6-3-5-12(17)9-13)15(20)8-11-4-2-7-14(18)16(11)19/h2-7,9-10,15H,8,20H2,1H3. The van der Waals surface area contributed by atoms with Gasteiger partial charge in [0.15, 0.2) is 11.6 Å². The number of nitrogens with two attached hydrogens (primary N) is 1. The normalized spacial score (nSPS) is 13.8. The van der Waals surface area contributed by atoms with Crippen molar-refractivity contribution >= 4 is 11.6 Å². The quantitative estimate of drug-likeness (QED) is 0.907.